The van der Waals surface area contributed by atoms with Crippen LogP contribution in [0, 0.1) is 0 Å². The van der Waals surface area contributed by atoms with E-state index >= 15 is 0 Å². The summed E-state index contributed by atoms with van der Waals surface area (Å²) in [5, 5.41) is 3.22. The molecule has 0 unspecified atom stereocenters. The van der Waals surface area contributed by atoms with E-state index < -0.39 is 12.7 Å². The largest absolute Gasteiger partial charge is 0.432 e. The van der Waals surface area contributed by atoms with E-state index in [9.17, 15) is 13.2 Å². The number of rotatable bonds is 5. The first-order chi connectivity index (χ1) is 9.14. The molecule has 1 heterocycles. The van der Waals surface area contributed by atoms with E-state index in [1.165, 1.54) is 11.2 Å². The summed E-state index contributed by atoms with van der Waals surface area (Å²) in [6.45, 7) is 5.48. The lowest BCUT2D eigenvalue weighted by Crippen LogP contribution is -2.36. The van der Waals surface area contributed by atoms with Crippen LogP contribution < -0.4 is 10.2 Å². The highest BCUT2D eigenvalue weighted by Gasteiger charge is 2.40. The smallest absolute Gasteiger partial charge is 0.406 e. The van der Waals surface area contributed by atoms with Crippen molar-refractivity contribution >= 4 is 6.01 Å². The first-order valence-corrected chi connectivity index (χ1v) is 6.67. The van der Waals surface area contributed by atoms with Crippen molar-refractivity contribution in [3.63, 3.8) is 0 Å². The molecule has 1 aliphatic rings. The Kier molecular flexibility index (Phi) is 4.00. The van der Waals surface area contributed by atoms with E-state index in [2.05, 4.69) is 10.3 Å². The summed E-state index contributed by atoms with van der Waals surface area (Å²) in [5.74, 6) is 0. The topological polar surface area (TPSA) is 41.3 Å². The molecule has 1 aromatic rings. The second-order valence-electron chi connectivity index (χ2n) is 6.20. The molecule has 7 heteroatoms. The second kappa shape index (κ2) is 5.27. The zero-order chi connectivity index (χ0) is 15.0. The van der Waals surface area contributed by atoms with Crippen LogP contribution in [0.4, 0.5) is 19.2 Å². The molecule has 0 bridgehead atoms. The summed E-state index contributed by atoms with van der Waals surface area (Å²) in [7, 11) is 0. The molecule has 0 amide bonds. The van der Waals surface area contributed by atoms with Gasteiger partial charge in [-0.3, -0.25) is 0 Å². The highest BCUT2D eigenvalue weighted by Crippen LogP contribution is 2.33. The number of anilines is 1. The van der Waals surface area contributed by atoms with Crippen LogP contribution in [0.2, 0.25) is 0 Å². The molecule has 0 radical (unpaired) electrons. The number of oxazole rings is 1. The van der Waals surface area contributed by atoms with Crippen molar-refractivity contribution in [1.82, 2.24) is 10.3 Å². The van der Waals surface area contributed by atoms with Gasteiger partial charge < -0.3 is 14.6 Å². The van der Waals surface area contributed by atoms with E-state index in [-0.39, 0.29) is 17.6 Å². The average Bonchev–Trinajstić information content (AvgIpc) is 3.00. The molecule has 20 heavy (non-hydrogen) atoms. The third-order valence-corrected chi connectivity index (χ3v) is 2.92. The minimum atomic E-state index is -4.25. The van der Waals surface area contributed by atoms with Gasteiger partial charge in [0.15, 0.2) is 0 Å². The van der Waals surface area contributed by atoms with Crippen molar-refractivity contribution in [2.75, 3.05) is 11.4 Å². The standard InChI is InChI=1S/C13H20F3N3O/c1-12(2,3)17-6-9-7-20-11(18-9)19(10-4-5-10)8-13(14,15)16/h7,10,17H,4-6,8H2,1-3H3. The fourth-order valence-corrected chi connectivity index (χ4v) is 1.80. The molecule has 0 spiro atoms. The van der Waals surface area contributed by atoms with Gasteiger partial charge in [-0.2, -0.15) is 18.2 Å². The van der Waals surface area contributed by atoms with Crippen molar-refractivity contribution in [2.45, 2.75) is 57.9 Å². The van der Waals surface area contributed by atoms with E-state index in [0.717, 1.165) is 12.8 Å². The molecule has 0 aromatic carbocycles. The summed E-state index contributed by atoms with van der Waals surface area (Å²) < 4.78 is 42.9. The van der Waals surface area contributed by atoms with Gasteiger partial charge in [-0.1, -0.05) is 0 Å². The fraction of sp³-hybridized carbons (Fsp3) is 0.769. The van der Waals surface area contributed by atoms with Crippen LogP contribution in [0.25, 0.3) is 0 Å². The Labute approximate surface area is 116 Å². The molecule has 114 valence electrons. The normalized spacial score (nSPS) is 16.5. The molecule has 1 fully saturated rings. The number of nitrogens with zero attached hydrogens (tertiary/aromatic N) is 2. The second-order valence-corrected chi connectivity index (χ2v) is 6.20. The van der Waals surface area contributed by atoms with Crippen LogP contribution in [0.15, 0.2) is 10.7 Å². The van der Waals surface area contributed by atoms with Gasteiger partial charge in [-0.15, -0.1) is 0 Å². The van der Waals surface area contributed by atoms with Crippen molar-refractivity contribution < 1.29 is 17.6 Å². The number of alkyl halides is 3. The lowest BCUT2D eigenvalue weighted by Gasteiger charge is -2.21. The maximum atomic E-state index is 12.6. The Hall–Kier alpha value is -1.24. The summed E-state index contributed by atoms with van der Waals surface area (Å²) in [4.78, 5) is 5.36. The van der Waals surface area contributed by atoms with Gasteiger partial charge in [0.1, 0.15) is 12.8 Å². The van der Waals surface area contributed by atoms with E-state index in [1.807, 2.05) is 20.8 Å². The molecule has 1 aromatic heterocycles. The van der Waals surface area contributed by atoms with Crippen molar-refractivity contribution in [2.24, 2.45) is 0 Å². The summed E-state index contributed by atoms with van der Waals surface area (Å²) >= 11 is 0. The van der Waals surface area contributed by atoms with Crippen LogP contribution >= 0.6 is 0 Å². The Bertz CT molecular complexity index is 446. The predicted molar refractivity (Wildman–Crippen MR) is 69.5 cm³/mol. The summed E-state index contributed by atoms with van der Waals surface area (Å²) in [6.07, 6.45) is -1.32. The highest BCUT2D eigenvalue weighted by molar-refractivity contribution is 5.32. The molecule has 0 atom stereocenters. The Morgan fingerprint density at radius 2 is 2.00 bits per heavy atom. The molecular weight excluding hydrogens is 271 g/mol. The fourth-order valence-electron chi connectivity index (χ4n) is 1.80. The average molecular weight is 291 g/mol. The Morgan fingerprint density at radius 1 is 1.35 bits per heavy atom. The monoisotopic (exact) mass is 291 g/mol. The van der Waals surface area contributed by atoms with Gasteiger partial charge in [-0.25, -0.2) is 0 Å². The number of hydrogen-bond acceptors (Lipinski definition) is 4. The number of hydrogen-bond donors (Lipinski definition) is 1. The van der Waals surface area contributed by atoms with Gasteiger partial charge in [0.2, 0.25) is 0 Å². The minimum Gasteiger partial charge on any atom is -0.432 e. The van der Waals surface area contributed by atoms with Crippen LogP contribution in [0.5, 0.6) is 0 Å². The third kappa shape index (κ3) is 4.70. The zero-order valence-corrected chi connectivity index (χ0v) is 11.9. The van der Waals surface area contributed by atoms with E-state index in [0.29, 0.717) is 12.2 Å². The first-order valence-electron chi connectivity index (χ1n) is 6.67. The van der Waals surface area contributed by atoms with Gasteiger partial charge >= 0.3 is 6.18 Å². The molecule has 0 aliphatic heterocycles. The van der Waals surface area contributed by atoms with Crippen LogP contribution in [-0.4, -0.2) is 29.3 Å². The van der Waals surface area contributed by atoms with Crippen molar-refractivity contribution in [3.8, 4) is 0 Å². The van der Waals surface area contributed by atoms with Gasteiger partial charge in [0.05, 0.1) is 5.69 Å². The Balaban J connectivity index is 2.01. The summed E-state index contributed by atoms with van der Waals surface area (Å²) in [6, 6.07) is -0.0331. The van der Waals surface area contributed by atoms with Gasteiger partial charge in [0, 0.05) is 18.1 Å². The van der Waals surface area contributed by atoms with Crippen molar-refractivity contribution in [3.05, 3.63) is 12.0 Å². The maximum Gasteiger partial charge on any atom is 0.406 e. The molecular formula is C13H20F3N3O. The molecule has 1 saturated carbocycles. The number of halogens is 3. The number of nitrogens with one attached hydrogen (secondary N) is 1. The predicted octanol–water partition coefficient (Wildman–Crippen LogP) is 3.09. The molecule has 2 rings (SSSR count). The number of aromatic nitrogens is 1. The lowest BCUT2D eigenvalue weighted by molar-refractivity contribution is -0.120. The molecule has 1 aliphatic carbocycles. The lowest BCUT2D eigenvalue weighted by atomic mass is 10.1. The Morgan fingerprint density at radius 3 is 2.50 bits per heavy atom. The molecule has 0 saturated heterocycles. The molecule has 1 N–H and O–H groups in total. The SMILES string of the molecule is CC(C)(C)NCc1coc(N(CC(F)(F)F)C2CC2)n1. The van der Waals surface area contributed by atoms with Gasteiger partial charge in [-0.05, 0) is 33.6 Å². The summed E-state index contributed by atoms with van der Waals surface area (Å²) in [5.41, 5.74) is 0.532. The van der Waals surface area contributed by atoms with Crippen molar-refractivity contribution in [1.29, 1.82) is 0 Å². The first kappa shape index (κ1) is 15.2. The van der Waals surface area contributed by atoms with Crippen LogP contribution in [-0.2, 0) is 6.54 Å². The zero-order valence-electron chi connectivity index (χ0n) is 11.9. The highest BCUT2D eigenvalue weighted by atomic mass is 19.4. The van der Waals surface area contributed by atoms with E-state index in [1.54, 1.807) is 0 Å². The molecule has 4 nitrogen and oxygen atoms in total. The van der Waals surface area contributed by atoms with E-state index in [4.69, 9.17) is 4.42 Å². The van der Waals surface area contributed by atoms with Gasteiger partial charge in [0.25, 0.3) is 6.01 Å². The maximum absolute atomic E-state index is 12.6. The minimum absolute atomic E-state index is 0.0653. The van der Waals surface area contributed by atoms with Crippen LogP contribution in [0.3, 0.4) is 0 Å². The quantitative estimate of drug-likeness (QED) is 0.905. The third-order valence-electron chi connectivity index (χ3n) is 2.92. The van der Waals surface area contributed by atoms with Crippen LogP contribution in [0.1, 0.15) is 39.3 Å².